The van der Waals surface area contributed by atoms with E-state index in [2.05, 4.69) is 96.4 Å². The van der Waals surface area contributed by atoms with E-state index in [9.17, 15) is 0 Å². The van der Waals surface area contributed by atoms with E-state index < -0.39 is 0 Å². The number of benzene rings is 3. The molecule has 2 aliphatic rings. The van der Waals surface area contributed by atoms with Crippen LogP contribution in [0, 0.1) is 0 Å². The first-order valence-electron chi connectivity index (χ1n) is 18.5. The molecule has 0 saturated carbocycles. The molecule has 5 rings (SSSR count). The van der Waals surface area contributed by atoms with Crippen LogP contribution in [-0.4, -0.2) is 82.1 Å². The molecule has 47 heavy (non-hydrogen) atoms. The van der Waals surface area contributed by atoms with Crippen molar-refractivity contribution in [1.29, 1.82) is 0 Å². The van der Waals surface area contributed by atoms with Gasteiger partial charge in [0, 0.05) is 26.2 Å². The fourth-order valence-electron chi connectivity index (χ4n) is 6.80. The lowest BCUT2D eigenvalue weighted by Gasteiger charge is -2.26. The van der Waals surface area contributed by atoms with Crippen molar-refractivity contribution in [2.75, 3.05) is 72.3 Å². The Morgan fingerprint density at radius 3 is 1.64 bits per heavy atom. The van der Waals surface area contributed by atoms with Crippen LogP contribution in [0.25, 0.3) is 11.1 Å². The van der Waals surface area contributed by atoms with E-state index in [1.54, 1.807) is 0 Å². The van der Waals surface area contributed by atoms with Crippen molar-refractivity contribution in [3.8, 4) is 5.75 Å². The smallest absolute Gasteiger partial charge is 0.119 e. The van der Waals surface area contributed by atoms with Gasteiger partial charge >= 0.3 is 0 Å². The molecule has 0 bridgehead atoms. The summed E-state index contributed by atoms with van der Waals surface area (Å²) in [5.74, 6) is 0.959. The Bertz CT molecular complexity index is 1270. The minimum atomic E-state index is 0.764. The lowest BCUT2D eigenvalue weighted by atomic mass is 9.87. The molecule has 0 atom stereocenters. The van der Waals surface area contributed by atoms with Gasteiger partial charge in [-0.15, -0.1) is 0 Å². The maximum atomic E-state index is 6.13. The molecule has 2 heterocycles. The highest BCUT2D eigenvalue weighted by Gasteiger charge is 2.15. The van der Waals surface area contributed by atoms with Crippen molar-refractivity contribution >= 4 is 11.1 Å². The Morgan fingerprint density at radius 1 is 0.617 bits per heavy atom. The van der Waals surface area contributed by atoms with Gasteiger partial charge in [-0.2, -0.15) is 0 Å². The van der Waals surface area contributed by atoms with Crippen LogP contribution in [-0.2, 0) is 22.3 Å². The lowest BCUT2D eigenvalue weighted by Crippen LogP contribution is -2.36. The van der Waals surface area contributed by atoms with Gasteiger partial charge in [0.1, 0.15) is 5.75 Å². The summed E-state index contributed by atoms with van der Waals surface area (Å²) in [7, 11) is 0. The summed E-state index contributed by atoms with van der Waals surface area (Å²) in [6, 6.07) is 27.5. The second-order valence-corrected chi connectivity index (χ2v) is 13.2. The minimum Gasteiger partial charge on any atom is -0.494 e. The fourth-order valence-corrected chi connectivity index (χ4v) is 6.80. The van der Waals surface area contributed by atoms with Gasteiger partial charge in [-0.1, -0.05) is 80.9 Å². The van der Waals surface area contributed by atoms with Gasteiger partial charge in [-0.3, -0.25) is 9.80 Å². The molecule has 0 radical (unpaired) electrons. The molecule has 3 aromatic rings. The molecule has 254 valence electrons. The molecule has 0 aliphatic carbocycles. The summed E-state index contributed by atoms with van der Waals surface area (Å²) in [4.78, 5) is 5.08. The van der Waals surface area contributed by atoms with Crippen LogP contribution < -0.4 is 4.74 Å². The third-order valence-corrected chi connectivity index (χ3v) is 9.68. The number of nitrogens with zero attached hydrogens (tertiary/aromatic N) is 2. The number of unbranched alkanes of at least 4 members (excludes halogenated alkanes) is 3. The maximum absolute atomic E-state index is 6.13. The highest BCUT2D eigenvalue weighted by Crippen LogP contribution is 2.36. The van der Waals surface area contributed by atoms with Crippen molar-refractivity contribution in [2.45, 2.75) is 71.6 Å². The van der Waals surface area contributed by atoms with Crippen molar-refractivity contribution in [3.05, 3.63) is 101 Å². The minimum absolute atomic E-state index is 0.764. The molecule has 0 amide bonds. The second-order valence-electron chi connectivity index (χ2n) is 13.2. The van der Waals surface area contributed by atoms with E-state index in [4.69, 9.17) is 14.2 Å². The molecule has 2 aliphatic heterocycles. The number of hydrogen-bond acceptors (Lipinski definition) is 5. The Hall–Kier alpha value is -2.96. The normalized spacial score (nSPS) is 15.9. The van der Waals surface area contributed by atoms with Gasteiger partial charge < -0.3 is 14.2 Å². The average Bonchev–Trinajstić information content (AvgIpc) is 3.13. The molecule has 5 nitrogen and oxygen atoms in total. The first-order valence-corrected chi connectivity index (χ1v) is 18.5. The number of allylic oxidation sites excluding steroid dienone is 1. The second kappa shape index (κ2) is 19.8. The van der Waals surface area contributed by atoms with Gasteiger partial charge in [0.2, 0.25) is 0 Å². The van der Waals surface area contributed by atoms with E-state index >= 15 is 0 Å². The van der Waals surface area contributed by atoms with Crippen LogP contribution in [0.4, 0.5) is 0 Å². The van der Waals surface area contributed by atoms with Crippen LogP contribution in [0.5, 0.6) is 5.75 Å². The van der Waals surface area contributed by atoms with E-state index in [0.717, 1.165) is 97.1 Å². The van der Waals surface area contributed by atoms with E-state index in [1.165, 1.54) is 77.7 Å². The predicted molar refractivity (Wildman–Crippen MR) is 196 cm³/mol. The summed E-state index contributed by atoms with van der Waals surface area (Å²) in [5.41, 5.74) is 9.36. The highest BCUT2D eigenvalue weighted by molar-refractivity contribution is 5.98. The Morgan fingerprint density at radius 2 is 1.15 bits per heavy atom. The van der Waals surface area contributed by atoms with Crippen LogP contribution in [0.15, 0.2) is 72.8 Å². The van der Waals surface area contributed by atoms with Crippen molar-refractivity contribution in [3.63, 3.8) is 0 Å². The third kappa shape index (κ3) is 11.3. The molecule has 0 aromatic heterocycles. The zero-order chi connectivity index (χ0) is 32.5. The van der Waals surface area contributed by atoms with Gasteiger partial charge in [-0.25, -0.2) is 0 Å². The van der Waals surface area contributed by atoms with Gasteiger partial charge in [0.25, 0.3) is 0 Å². The SMILES string of the molecule is CCCCOc1cccc(C(CC)=C(c2ccc(CCCCN3CCOCC3)cc2)c2ccc(CCCCN3CCOCC3)cc2)c1. The van der Waals surface area contributed by atoms with Crippen LogP contribution in [0.1, 0.15) is 86.6 Å². The zero-order valence-corrected chi connectivity index (χ0v) is 29.2. The molecule has 5 heteroatoms. The summed E-state index contributed by atoms with van der Waals surface area (Å²) in [6.45, 7) is 15.4. The third-order valence-electron chi connectivity index (χ3n) is 9.68. The Kier molecular flexibility index (Phi) is 14.9. The van der Waals surface area contributed by atoms with E-state index in [1.807, 2.05) is 0 Å². The molecule has 0 spiro atoms. The van der Waals surface area contributed by atoms with Gasteiger partial charge in [0.05, 0.1) is 33.0 Å². The van der Waals surface area contributed by atoms with Crippen molar-refractivity contribution < 1.29 is 14.2 Å². The quantitative estimate of drug-likeness (QED) is 0.103. The van der Waals surface area contributed by atoms with Gasteiger partial charge in [0.15, 0.2) is 0 Å². The predicted octanol–water partition coefficient (Wildman–Crippen LogP) is 8.54. The molecular formula is C42H58N2O3. The first kappa shape index (κ1) is 35.3. The largest absolute Gasteiger partial charge is 0.494 e. The summed E-state index contributed by atoms with van der Waals surface area (Å²) >= 11 is 0. The van der Waals surface area contributed by atoms with Crippen molar-refractivity contribution in [1.82, 2.24) is 9.80 Å². The molecule has 3 aromatic carbocycles. The standard InChI is InChI=1S/C42H58N2O3/c1-3-5-29-47-40-14-10-13-39(34-40)41(4-2)42(37-19-15-35(16-20-37)11-6-8-23-43-25-30-45-31-26-43)38-21-17-36(18-22-38)12-7-9-24-44-27-32-46-33-28-44/h10,13-22,34H,3-9,11-12,23-33H2,1-2H3. The molecular weight excluding hydrogens is 580 g/mol. The zero-order valence-electron chi connectivity index (χ0n) is 29.2. The number of morpholine rings is 2. The fraction of sp³-hybridized carbons (Fsp3) is 0.524. The van der Waals surface area contributed by atoms with Crippen LogP contribution in [0.3, 0.4) is 0 Å². The summed E-state index contributed by atoms with van der Waals surface area (Å²) in [5, 5.41) is 0. The monoisotopic (exact) mass is 638 g/mol. The number of ether oxygens (including phenoxy) is 3. The molecule has 2 saturated heterocycles. The maximum Gasteiger partial charge on any atom is 0.119 e. The van der Waals surface area contributed by atoms with Crippen LogP contribution in [0.2, 0.25) is 0 Å². The van der Waals surface area contributed by atoms with E-state index in [0.29, 0.717) is 0 Å². The number of hydrogen-bond donors (Lipinski definition) is 0. The first-order chi connectivity index (χ1) is 23.2. The summed E-state index contributed by atoms with van der Waals surface area (Å²) < 4.78 is 17.1. The van der Waals surface area contributed by atoms with Gasteiger partial charge in [-0.05, 0) is 116 Å². The van der Waals surface area contributed by atoms with E-state index in [-0.39, 0.29) is 0 Å². The topological polar surface area (TPSA) is 34.2 Å². The highest BCUT2D eigenvalue weighted by atomic mass is 16.5. The van der Waals surface area contributed by atoms with Crippen LogP contribution >= 0.6 is 0 Å². The van der Waals surface area contributed by atoms with Crippen molar-refractivity contribution in [2.24, 2.45) is 0 Å². The molecule has 0 unspecified atom stereocenters. The Labute approximate surface area is 284 Å². The number of aryl methyl sites for hydroxylation is 2. The molecule has 2 fully saturated rings. The average molecular weight is 639 g/mol. The summed E-state index contributed by atoms with van der Waals surface area (Å²) in [6.07, 6.45) is 10.3. The molecule has 0 N–H and O–H groups in total. The Balaban J connectivity index is 1.31. The lowest BCUT2D eigenvalue weighted by molar-refractivity contribution is 0.0371. The number of rotatable bonds is 18.